The van der Waals surface area contributed by atoms with Crippen molar-refractivity contribution in [2.75, 3.05) is 6.61 Å². The zero-order valence-corrected chi connectivity index (χ0v) is 12.1. The van der Waals surface area contributed by atoms with Crippen molar-refractivity contribution in [3.63, 3.8) is 0 Å². The van der Waals surface area contributed by atoms with E-state index in [-0.39, 0.29) is 5.60 Å². The van der Waals surface area contributed by atoms with Crippen LogP contribution in [0, 0.1) is 5.92 Å². The zero-order valence-electron chi connectivity index (χ0n) is 12.1. The maximum Gasteiger partial charge on any atom is 0.0685 e. The SMILES string of the molecule is CCCCCC(N)C1CCOC2(CCCCC2)C1. The van der Waals surface area contributed by atoms with Crippen molar-refractivity contribution in [1.82, 2.24) is 0 Å². The molecule has 1 aliphatic heterocycles. The second-order valence-corrected chi connectivity index (χ2v) is 6.50. The number of ether oxygens (including phenoxy) is 1. The largest absolute Gasteiger partial charge is 0.375 e. The predicted octanol–water partition coefficient (Wildman–Crippen LogP) is 4.02. The van der Waals surface area contributed by atoms with E-state index >= 15 is 0 Å². The molecule has 0 radical (unpaired) electrons. The normalized spacial score (nSPS) is 29.3. The van der Waals surface area contributed by atoms with Crippen molar-refractivity contribution in [3.8, 4) is 0 Å². The first-order chi connectivity index (χ1) is 8.76. The van der Waals surface area contributed by atoms with Crippen LogP contribution in [0.25, 0.3) is 0 Å². The molecular formula is C16H31NO. The van der Waals surface area contributed by atoms with Gasteiger partial charge in [0, 0.05) is 12.6 Å². The number of unbranched alkanes of at least 4 members (excludes halogenated alkanes) is 2. The number of hydrogen-bond acceptors (Lipinski definition) is 2. The van der Waals surface area contributed by atoms with E-state index in [9.17, 15) is 0 Å². The molecule has 18 heavy (non-hydrogen) atoms. The smallest absolute Gasteiger partial charge is 0.0685 e. The maximum absolute atomic E-state index is 6.42. The highest BCUT2D eigenvalue weighted by atomic mass is 16.5. The topological polar surface area (TPSA) is 35.2 Å². The van der Waals surface area contributed by atoms with Gasteiger partial charge in [-0.2, -0.15) is 0 Å². The first-order valence-corrected chi connectivity index (χ1v) is 8.15. The minimum atomic E-state index is 0.226. The average Bonchev–Trinajstić information content (AvgIpc) is 2.40. The standard InChI is InChI=1S/C16H31NO/c1-2-3-5-8-15(17)14-9-12-18-16(13-14)10-6-4-7-11-16/h14-15H,2-13,17H2,1H3. The van der Waals surface area contributed by atoms with E-state index in [1.807, 2.05) is 0 Å². The molecule has 2 atom stereocenters. The van der Waals surface area contributed by atoms with Crippen LogP contribution in [0.4, 0.5) is 0 Å². The van der Waals surface area contributed by atoms with Gasteiger partial charge < -0.3 is 10.5 Å². The van der Waals surface area contributed by atoms with E-state index in [1.54, 1.807) is 0 Å². The van der Waals surface area contributed by atoms with Crippen LogP contribution in [-0.2, 0) is 4.74 Å². The lowest BCUT2D eigenvalue weighted by Crippen LogP contribution is -2.46. The molecule has 0 aromatic rings. The molecule has 1 aliphatic carbocycles. The van der Waals surface area contributed by atoms with E-state index < -0.39 is 0 Å². The van der Waals surface area contributed by atoms with Crippen LogP contribution in [0.15, 0.2) is 0 Å². The van der Waals surface area contributed by atoms with E-state index in [0.29, 0.717) is 12.0 Å². The average molecular weight is 253 g/mol. The monoisotopic (exact) mass is 253 g/mol. The van der Waals surface area contributed by atoms with Crippen molar-refractivity contribution in [2.24, 2.45) is 11.7 Å². The Morgan fingerprint density at radius 1 is 1.22 bits per heavy atom. The molecule has 2 aliphatic rings. The third kappa shape index (κ3) is 3.71. The lowest BCUT2D eigenvalue weighted by Gasteiger charge is -2.45. The van der Waals surface area contributed by atoms with Gasteiger partial charge in [0.1, 0.15) is 0 Å². The highest BCUT2D eigenvalue weighted by Gasteiger charge is 2.39. The molecule has 2 rings (SSSR count). The first kappa shape index (κ1) is 14.3. The summed E-state index contributed by atoms with van der Waals surface area (Å²) in [5.74, 6) is 0.716. The van der Waals surface area contributed by atoms with E-state index in [1.165, 1.54) is 70.6 Å². The summed E-state index contributed by atoms with van der Waals surface area (Å²) in [6.45, 7) is 3.21. The summed E-state index contributed by atoms with van der Waals surface area (Å²) < 4.78 is 6.16. The van der Waals surface area contributed by atoms with Crippen LogP contribution in [0.3, 0.4) is 0 Å². The minimum Gasteiger partial charge on any atom is -0.375 e. The third-order valence-corrected chi connectivity index (χ3v) is 5.04. The Balaban J connectivity index is 1.81. The summed E-state index contributed by atoms with van der Waals surface area (Å²) in [6, 6.07) is 0.416. The van der Waals surface area contributed by atoms with E-state index in [2.05, 4.69) is 6.92 Å². The lowest BCUT2D eigenvalue weighted by molar-refractivity contribution is -0.120. The summed E-state index contributed by atoms with van der Waals surface area (Å²) in [4.78, 5) is 0. The molecule has 2 N–H and O–H groups in total. The maximum atomic E-state index is 6.42. The first-order valence-electron chi connectivity index (χ1n) is 8.15. The molecule has 0 bridgehead atoms. The fraction of sp³-hybridized carbons (Fsp3) is 1.00. The molecular weight excluding hydrogens is 222 g/mol. The molecule has 2 heteroatoms. The predicted molar refractivity (Wildman–Crippen MR) is 76.6 cm³/mol. The summed E-state index contributed by atoms with van der Waals surface area (Å²) in [6.07, 6.45) is 14.3. The van der Waals surface area contributed by atoms with Gasteiger partial charge in [0.15, 0.2) is 0 Å². The quantitative estimate of drug-likeness (QED) is 0.751. The summed E-state index contributed by atoms with van der Waals surface area (Å²) in [5, 5.41) is 0. The van der Waals surface area contributed by atoms with Gasteiger partial charge in [0.25, 0.3) is 0 Å². The highest BCUT2D eigenvalue weighted by molar-refractivity contribution is 4.92. The van der Waals surface area contributed by atoms with Crippen LogP contribution < -0.4 is 5.73 Å². The summed E-state index contributed by atoms with van der Waals surface area (Å²) >= 11 is 0. The van der Waals surface area contributed by atoms with Crippen molar-refractivity contribution in [3.05, 3.63) is 0 Å². The van der Waals surface area contributed by atoms with Crippen LogP contribution >= 0.6 is 0 Å². The Labute approximate surface area is 113 Å². The van der Waals surface area contributed by atoms with Gasteiger partial charge in [0.2, 0.25) is 0 Å². The fourth-order valence-electron chi connectivity index (χ4n) is 3.84. The van der Waals surface area contributed by atoms with Crippen LogP contribution in [-0.4, -0.2) is 18.2 Å². The Hall–Kier alpha value is -0.0800. The molecule has 0 aromatic carbocycles. The molecule has 106 valence electrons. The molecule has 1 saturated heterocycles. The van der Waals surface area contributed by atoms with Crippen molar-refractivity contribution in [2.45, 2.75) is 89.2 Å². The van der Waals surface area contributed by atoms with Gasteiger partial charge >= 0.3 is 0 Å². The van der Waals surface area contributed by atoms with Crippen molar-refractivity contribution < 1.29 is 4.74 Å². The third-order valence-electron chi connectivity index (χ3n) is 5.04. The van der Waals surface area contributed by atoms with E-state index in [4.69, 9.17) is 10.5 Å². The molecule has 2 fully saturated rings. The molecule has 1 saturated carbocycles. The Bertz CT molecular complexity index is 230. The number of hydrogen-bond donors (Lipinski definition) is 1. The summed E-state index contributed by atoms with van der Waals surface area (Å²) in [5.41, 5.74) is 6.65. The second kappa shape index (κ2) is 6.91. The molecule has 0 amide bonds. The number of rotatable bonds is 5. The molecule has 1 heterocycles. The summed E-state index contributed by atoms with van der Waals surface area (Å²) in [7, 11) is 0. The van der Waals surface area contributed by atoms with Crippen LogP contribution in [0.5, 0.6) is 0 Å². The Kier molecular flexibility index (Phi) is 5.50. The zero-order chi connectivity index (χ0) is 12.8. The number of nitrogens with two attached hydrogens (primary N) is 1. The molecule has 1 spiro atoms. The molecule has 2 unspecified atom stereocenters. The van der Waals surface area contributed by atoms with Gasteiger partial charge in [-0.1, -0.05) is 45.4 Å². The second-order valence-electron chi connectivity index (χ2n) is 6.50. The van der Waals surface area contributed by atoms with Gasteiger partial charge in [-0.25, -0.2) is 0 Å². The Morgan fingerprint density at radius 2 is 2.00 bits per heavy atom. The molecule has 0 aromatic heterocycles. The van der Waals surface area contributed by atoms with Crippen molar-refractivity contribution >= 4 is 0 Å². The fourth-order valence-corrected chi connectivity index (χ4v) is 3.84. The van der Waals surface area contributed by atoms with E-state index in [0.717, 1.165) is 6.61 Å². The Morgan fingerprint density at radius 3 is 2.72 bits per heavy atom. The van der Waals surface area contributed by atoms with Gasteiger partial charge in [-0.05, 0) is 38.0 Å². The van der Waals surface area contributed by atoms with Crippen molar-refractivity contribution in [1.29, 1.82) is 0 Å². The van der Waals surface area contributed by atoms with Crippen LogP contribution in [0.1, 0.15) is 77.6 Å². The van der Waals surface area contributed by atoms with Gasteiger partial charge in [-0.3, -0.25) is 0 Å². The highest BCUT2D eigenvalue weighted by Crippen LogP contribution is 2.41. The lowest BCUT2D eigenvalue weighted by atomic mass is 9.73. The minimum absolute atomic E-state index is 0.226. The van der Waals surface area contributed by atoms with Crippen LogP contribution in [0.2, 0.25) is 0 Å². The molecule has 2 nitrogen and oxygen atoms in total. The van der Waals surface area contributed by atoms with Gasteiger partial charge in [-0.15, -0.1) is 0 Å². The van der Waals surface area contributed by atoms with Gasteiger partial charge in [0.05, 0.1) is 5.60 Å².